The van der Waals surface area contributed by atoms with Crippen LogP contribution in [0.2, 0.25) is 0 Å². The fourth-order valence-electron chi connectivity index (χ4n) is 3.46. The van der Waals surface area contributed by atoms with E-state index in [1.54, 1.807) is 36.9 Å². The maximum Gasteiger partial charge on any atom is 0.189 e. The fraction of sp³-hybridized carbons (Fsp3) is 0.292. The minimum absolute atomic E-state index is 0.0420. The molecule has 0 bridgehead atoms. The lowest BCUT2D eigenvalue weighted by molar-refractivity contribution is 0.198. The van der Waals surface area contributed by atoms with Crippen LogP contribution in [0.5, 0.6) is 23.0 Å². The predicted molar refractivity (Wildman–Crippen MR) is 123 cm³/mol. The van der Waals surface area contributed by atoms with Crippen molar-refractivity contribution in [3.8, 4) is 45.6 Å². The zero-order chi connectivity index (χ0) is 23.2. The summed E-state index contributed by atoms with van der Waals surface area (Å²) in [7, 11) is 4.69. The molecule has 1 fully saturated rings. The highest BCUT2D eigenvalue weighted by atomic mass is 16.5. The standard InChI is InChI=1S/C20H18N4O4.C4H8O/c1-26-13-5-8-17(27-2)14(11-13)20-22-21-19-9-6-15(23-24(19)20)12-4-7-18(28-3)16(25)10-12;1-2-4-5-3-1/h4-11,25H,1-3H3;1-4H2. The molecular formula is C24H26N4O5. The van der Waals surface area contributed by atoms with E-state index in [4.69, 9.17) is 18.9 Å². The summed E-state index contributed by atoms with van der Waals surface area (Å²) in [4.78, 5) is 0. The van der Waals surface area contributed by atoms with Gasteiger partial charge < -0.3 is 24.1 Å². The third kappa shape index (κ3) is 4.83. The second-order valence-corrected chi connectivity index (χ2v) is 7.28. The average Bonchev–Trinajstić information content (AvgIpc) is 3.57. The third-order valence-electron chi connectivity index (χ3n) is 5.21. The lowest BCUT2D eigenvalue weighted by Gasteiger charge is -2.10. The van der Waals surface area contributed by atoms with Gasteiger partial charge in [-0.25, -0.2) is 0 Å². The van der Waals surface area contributed by atoms with Crippen molar-refractivity contribution in [1.29, 1.82) is 0 Å². The van der Waals surface area contributed by atoms with Crippen LogP contribution < -0.4 is 14.2 Å². The molecule has 0 unspecified atom stereocenters. The van der Waals surface area contributed by atoms with E-state index in [0.29, 0.717) is 40.0 Å². The van der Waals surface area contributed by atoms with Crippen LogP contribution >= 0.6 is 0 Å². The monoisotopic (exact) mass is 450 g/mol. The first-order chi connectivity index (χ1) is 16.1. The van der Waals surface area contributed by atoms with Crippen LogP contribution in [0, 0.1) is 0 Å². The Morgan fingerprint density at radius 2 is 1.61 bits per heavy atom. The molecule has 1 aliphatic heterocycles. The summed E-state index contributed by atoms with van der Waals surface area (Å²) in [6.45, 7) is 2.00. The molecule has 0 spiro atoms. The van der Waals surface area contributed by atoms with Gasteiger partial charge in [0.15, 0.2) is 23.0 Å². The molecule has 5 rings (SSSR count). The lowest BCUT2D eigenvalue weighted by Crippen LogP contribution is -1.99. The Hall–Kier alpha value is -3.85. The van der Waals surface area contributed by atoms with Gasteiger partial charge in [0.25, 0.3) is 0 Å². The molecule has 9 heteroatoms. The normalized spacial score (nSPS) is 12.8. The zero-order valence-electron chi connectivity index (χ0n) is 18.8. The summed E-state index contributed by atoms with van der Waals surface area (Å²) in [5, 5.41) is 23.2. The summed E-state index contributed by atoms with van der Waals surface area (Å²) in [5.41, 5.74) is 2.67. The number of hydrogen-bond acceptors (Lipinski definition) is 8. The number of phenols is 1. The number of phenolic OH excluding ortho intramolecular Hbond substituents is 1. The number of ether oxygens (including phenoxy) is 4. The molecule has 33 heavy (non-hydrogen) atoms. The van der Waals surface area contributed by atoms with Gasteiger partial charge in [-0.15, -0.1) is 10.2 Å². The van der Waals surface area contributed by atoms with Gasteiger partial charge in [-0.2, -0.15) is 9.61 Å². The molecule has 2 aromatic carbocycles. The van der Waals surface area contributed by atoms with Crippen molar-refractivity contribution in [1.82, 2.24) is 19.8 Å². The van der Waals surface area contributed by atoms with E-state index in [9.17, 15) is 5.11 Å². The Kier molecular flexibility index (Phi) is 6.89. The first-order valence-corrected chi connectivity index (χ1v) is 10.5. The lowest BCUT2D eigenvalue weighted by atomic mass is 10.1. The number of rotatable bonds is 5. The van der Waals surface area contributed by atoms with E-state index in [1.807, 2.05) is 30.3 Å². The third-order valence-corrected chi connectivity index (χ3v) is 5.21. The number of methoxy groups -OCH3 is 3. The van der Waals surface area contributed by atoms with E-state index in [-0.39, 0.29) is 5.75 Å². The number of aromatic hydroxyl groups is 1. The molecular weight excluding hydrogens is 424 g/mol. The first kappa shape index (κ1) is 22.3. The SMILES string of the molecule is C1CCOC1.COc1ccc(OC)c(-c2nnc3ccc(-c4ccc(OC)c(O)c4)nn23)c1. The Morgan fingerprint density at radius 3 is 2.24 bits per heavy atom. The summed E-state index contributed by atoms with van der Waals surface area (Å²) >= 11 is 0. The summed E-state index contributed by atoms with van der Waals surface area (Å²) < 4.78 is 22.5. The van der Waals surface area contributed by atoms with Crippen molar-refractivity contribution in [3.63, 3.8) is 0 Å². The second-order valence-electron chi connectivity index (χ2n) is 7.28. The highest BCUT2D eigenvalue weighted by molar-refractivity contribution is 5.70. The quantitative estimate of drug-likeness (QED) is 0.487. The second kappa shape index (κ2) is 10.2. The Bertz CT molecular complexity index is 1230. The van der Waals surface area contributed by atoms with Crippen LogP contribution in [0.1, 0.15) is 12.8 Å². The van der Waals surface area contributed by atoms with E-state index in [2.05, 4.69) is 15.3 Å². The van der Waals surface area contributed by atoms with E-state index in [1.165, 1.54) is 20.0 Å². The van der Waals surface area contributed by atoms with Gasteiger partial charge in [0, 0.05) is 18.8 Å². The molecule has 2 aromatic heterocycles. The molecule has 0 amide bonds. The number of fused-ring (bicyclic) bond motifs is 1. The maximum absolute atomic E-state index is 10.1. The van der Waals surface area contributed by atoms with Crippen LogP contribution in [-0.2, 0) is 4.74 Å². The van der Waals surface area contributed by atoms with Crippen molar-refractivity contribution in [2.24, 2.45) is 0 Å². The molecule has 0 radical (unpaired) electrons. The van der Waals surface area contributed by atoms with Gasteiger partial charge in [-0.3, -0.25) is 0 Å². The highest BCUT2D eigenvalue weighted by Gasteiger charge is 2.16. The number of hydrogen-bond donors (Lipinski definition) is 1. The van der Waals surface area contributed by atoms with Crippen LogP contribution in [-0.4, -0.2) is 59.5 Å². The Balaban J connectivity index is 0.000000459. The van der Waals surface area contributed by atoms with Crippen LogP contribution in [0.15, 0.2) is 48.5 Å². The van der Waals surface area contributed by atoms with Crippen LogP contribution in [0.4, 0.5) is 0 Å². The number of benzene rings is 2. The smallest absolute Gasteiger partial charge is 0.189 e. The first-order valence-electron chi connectivity index (χ1n) is 10.5. The van der Waals surface area contributed by atoms with Gasteiger partial charge in [0.1, 0.15) is 11.5 Å². The topological polar surface area (TPSA) is 100 Å². The number of aromatic nitrogens is 4. The molecule has 3 heterocycles. The van der Waals surface area contributed by atoms with Gasteiger partial charge >= 0.3 is 0 Å². The molecule has 0 saturated carbocycles. The average molecular weight is 450 g/mol. The van der Waals surface area contributed by atoms with Gasteiger partial charge in [-0.1, -0.05) is 0 Å². The molecule has 0 atom stereocenters. The minimum Gasteiger partial charge on any atom is -0.504 e. The van der Waals surface area contributed by atoms with Gasteiger partial charge in [-0.05, 0) is 61.4 Å². The van der Waals surface area contributed by atoms with Crippen LogP contribution in [0.25, 0.3) is 28.3 Å². The van der Waals surface area contributed by atoms with Gasteiger partial charge in [0.05, 0.1) is 32.6 Å². The largest absolute Gasteiger partial charge is 0.504 e. The maximum atomic E-state index is 10.1. The van der Waals surface area contributed by atoms with Crippen LogP contribution in [0.3, 0.4) is 0 Å². The number of nitrogens with zero attached hydrogens (tertiary/aromatic N) is 4. The summed E-state index contributed by atoms with van der Waals surface area (Å²) in [6.07, 6.45) is 2.56. The van der Waals surface area contributed by atoms with Crippen molar-refractivity contribution in [2.45, 2.75) is 12.8 Å². The zero-order valence-corrected chi connectivity index (χ0v) is 18.8. The molecule has 9 nitrogen and oxygen atoms in total. The molecule has 1 N–H and O–H groups in total. The molecule has 4 aromatic rings. The summed E-state index contributed by atoms with van der Waals surface area (Å²) in [5.74, 6) is 2.26. The molecule has 172 valence electrons. The predicted octanol–water partition coefficient (Wildman–Crippen LogP) is 3.99. The molecule has 1 aliphatic rings. The highest BCUT2D eigenvalue weighted by Crippen LogP contribution is 2.34. The Labute approximate surface area is 191 Å². The fourth-order valence-corrected chi connectivity index (χ4v) is 3.46. The van der Waals surface area contributed by atoms with E-state index in [0.717, 1.165) is 18.8 Å². The van der Waals surface area contributed by atoms with Crippen molar-refractivity contribution < 1.29 is 24.1 Å². The van der Waals surface area contributed by atoms with Crippen molar-refractivity contribution >= 4 is 5.65 Å². The minimum atomic E-state index is 0.0420. The molecule has 0 aliphatic carbocycles. The van der Waals surface area contributed by atoms with E-state index >= 15 is 0 Å². The van der Waals surface area contributed by atoms with Crippen molar-refractivity contribution in [3.05, 3.63) is 48.5 Å². The Morgan fingerprint density at radius 1 is 0.848 bits per heavy atom. The van der Waals surface area contributed by atoms with Gasteiger partial charge in [0.2, 0.25) is 0 Å². The van der Waals surface area contributed by atoms with E-state index < -0.39 is 0 Å². The summed E-state index contributed by atoms with van der Waals surface area (Å²) in [6, 6.07) is 14.2. The van der Waals surface area contributed by atoms with Crippen molar-refractivity contribution in [2.75, 3.05) is 34.5 Å². The molecule has 1 saturated heterocycles.